The number of nitrogens with zero attached hydrogens (tertiary/aromatic N) is 1. The molecule has 0 unspecified atom stereocenters. The van der Waals surface area contributed by atoms with Crippen molar-refractivity contribution in [3.05, 3.63) is 29.8 Å². The smallest absolute Gasteiger partial charge is 0.0653 e. The quantitative estimate of drug-likeness (QED) is 0.794. The molecule has 1 fully saturated rings. The highest BCUT2D eigenvalue weighted by atomic mass is 16.3. The largest absolute Gasteiger partial charge is 0.390 e. The Morgan fingerprint density at radius 3 is 2.69 bits per heavy atom. The third kappa shape index (κ3) is 2.54. The number of rotatable bonds is 2. The summed E-state index contributed by atoms with van der Waals surface area (Å²) in [5.74, 6) is 0. The molecule has 16 heavy (non-hydrogen) atoms. The molecule has 1 aromatic rings. The van der Waals surface area contributed by atoms with E-state index in [-0.39, 0.29) is 0 Å². The number of benzene rings is 1. The fourth-order valence-corrected chi connectivity index (χ4v) is 2.13. The molecule has 0 aliphatic carbocycles. The van der Waals surface area contributed by atoms with Gasteiger partial charge >= 0.3 is 0 Å². The van der Waals surface area contributed by atoms with E-state index in [4.69, 9.17) is 5.73 Å². The van der Waals surface area contributed by atoms with Crippen molar-refractivity contribution >= 4 is 5.69 Å². The van der Waals surface area contributed by atoms with E-state index in [0.717, 1.165) is 31.5 Å². The molecule has 0 bridgehead atoms. The Balaban J connectivity index is 2.08. The molecule has 0 radical (unpaired) electrons. The summed E-state index contributed by atoms with van der Waals surface area (Å²) in [5, 5.41) is 9.89. The van der Waals surface area contributed by atoms with Gasteiger partial charge in [0, 0.05) is 25.3 Å². The molecule has 3 N–H and O–H groups in total. The lowest BCUT2D eigenvalue weighted by Crippen LogP contribution is -2.42. The maximum atomic E-state index is 9.89. The van der Waals surface area contributed by atoms with Crippen LogP contribution in [0.1, 0.15) is 25.3 Å². The first-order valence-electron chi connectivity index (χ1n) is 5.87. The summed E-state index contributed by atoms with van der Waals surface area (Å²) in [6, 6.07) is 8.34. The molecule has 1 aliphatic heterocycles. The van der Waals surface area contributed by atoms with Crippen molar-refractivity contribution < 1.29 is 5.11 Å². The fraction of sp³-hybridized carbons (Fsp3) is 0.538. The molecule has 0 atom stereocenters. The molecule has 88 valence electrons. The predicted octanol–water partition coefficient (Wildman–Crippen LogP) is 1.50. The first kappa shape index (κ1) is 11.4. The Morgan fingerprint density at radius 1 is 1.38 bits per heavy atom. The van der Waals surface area contributed by atoms with Crippen molar-refractivity contribution in [2.45, 2.75) is 31.9 Å². The van der Waals surface area contributed by atoms with Crippen LogP contribution in [0, 0.1) is 0 Å². The Kier molecular flexibility index (Phi) is 3.17. The van der Waals surface area contributed by atoms with Crippen LogP contribution in [0.4, 0.5) is 5.69 Å². The van der Waals surface area contributed by atoms with Crippen LogP contribution < -0.4 is 10.6 Å². The zero-order chi connectivity index (χ0) is 11.6. The normalized spacial score (nSPS) is 19.8. The van der Waals surface area contributed by atoms with Gasteiger partial charge in [0.25, 0.3) is 0 Å². The van der Waals surface area contributed by atoms with Crippen LogP contribution in [0.15, 0.2) is 24.3 Å². The molecule has 3 heteroatoms. The lowest BCUT2D eigenvalue weighted by Gasteiger charge is -2.37. The minimum Gasteiger partial charge on any atom is -0.390 e. The summed E-state index contributed by atoms with van der Waals surface area (Å²) in [6.07, 6.45) is 1.67. The average Bonchev–Trinajstić information content (AvgIpc) is 2.29. The number of hydrogen-bond acceptors (Lipinski definition) is 3. The fourth-order valence-electron chi connectivity index (χ4n) is 2.13. The summed E-state index contributed by atoms with van der Waals surface area (Å²) < 4.78 is 0. The third-order valence-corrected chi connectivity index (χ3v) is 3.35. The van der Waals surface area contributed by atoms with E-state index in [1.807, 2.05) is 19.1 Å². The van der Waals surface area contributed by atoms with Gasteiger partial charge in [0.1, 0.15) is 0 Å². The zero-order valence-electron chi connectivity index (χ0n) is 9.82. The minimum absolute atomic E-state index is 0.484. The van der Waals surface area contributed by atoms with Gasteiger partial charge in [-0.25, -0.2) is 0 Å². The SMILES string of the molecule is CC1(O)CCN(c2cccc(CN)c2)CC1. The van der Waals surface area contributed by atoms with Crippen molar-refractivity contribution in [1.82, 2.24) is 0 Å². The molecule has 1 aromatic carbocycles. The second kappa shape index (κ2) is 4.44. The van der Waals surface area contributed by atoms with Gasteiger partial charge in [-0.1, -0.05) is 12.1 Å². The van der Waals surface area contributed by atoms with Crippen LogP contribution in [0.2, 0.25) is 0 Å². The summed E-state index contributed by atoms with van der Waals surface area (Å²) in [5.41, 5.74) is 7.53. The van der Waals surface area contributed by atoms with E-state index < -0.39 is 5.60 Å². The van der Waals surface area contributed by atoms with Crippen molar-refractivity contribution in [2.24, 2.45) is 5.73 Å². The van der Waals surface area contributed by atoms with Crippen LogP contribution in [0.25, 0.3) is 0 Å². The second-order valence-corrected chi connectivity index (χ2v) is 4.86. The van der Waals surface area contributed by atoms with Crippen molar-refractivity contribution in [2.75, 3.05) is 18.0 Å². The van der Waals surface area contributed by atoms with E-state index in [2.05, 4.69) is 17.0 Å². The molecular formula is C13H20N2O. The molecule has 0 saturated carbocycles. The van der Waals surface area contributed by atoms with Gasteiger partial charge < -0.3 is 15.7 Å². The molecule has 3 nitrogen and oxygen atoms in total. The van der Waals surface area contributed by atoms with E-state index in [1.54, 1.807) is 0 Å². The predicted molar refractivity (Wildman–Crippen MR) is 66.4 cm³/mol. The lowest BCUT2D eigenvalue weighted by atomic mass is 9.93. The number of nitrogens with two attached hydrogens (primary N) is 1. The van der Waals surface area contributed by atoms with Crippen molar-refractivity contribution in [3.8, 4) is 0 Å². The summed E-state index contributed by atoms with van der Waals surface area (Å²) in [7, 11) is 0. The van der Waals surface area contributed by atoms with Crippen molar-refractivity contribution in [1.29, 1.82) is 0 Å². The summed E-state index contributed by atoms with van der Waals surface area (Å²) in [4.78, 5) is 2.32. The van der Waals surface area contributed by atoms with E-state index in [1.165, 1.54) is 5.69 Å². The van der Waals surface area contributed by atoms with Crippen molar-refractivity contribution in [3.63, 3.8) is 0 Å². The number of piperidine rings is 1. The van der Waals surface area contributed by atoms with Crippen LogP contribution in [0.5, 0.6) is 0 Å². The minimum atomic E-state index is -0.484. The molecule has 1 heterocycles. The highest BCUT2D eigenvalue weighted by Crippen LogP contribution is 2.26. The maximum Gasteiger partial charge on any atom is 0.0653 e. The highest BCUT2D eigenvalue weighted by molar-refractivity contribution is 5.49. The Bertz CT molecular complexity index is 353. The number of hydrogen-bond donors (Lipinski definition) is 2. The number of aliphatic hydroxyl groups is 1. The van der Waals surface area contributed by atoms with Gasteiger partial charge in [0.15, 0.2) is 0 Å². The molecular weight excluding hydrogens is 200 g/mol. The van der Waals surface area contributed by atoms with Gasteiger partial charge in [-0.2, -0.15) is 0 Å². The van der Waals surface area contributed by atoms with E-state index in [9.17, 15) is 5.11 Å². The molecule has 2 rings (SSSR count). The van der Waals surface area contributed by atoms with Crippen LogP contribution in [0.3, 0.4) is 0 Å². The molecule has 0 amide bonds. The van der Waals surface area contributed by atoms with Gasteiger partial charge in [-0.15, -0.1) is 0 Å². The van der Waals surface area contributed by atoms with E-state index in [0.29, 0.717) is 6.54 Å². The van der Waals surface area contributed by atoms with E-state index >= 15 is 0 Å². The second-order valence-electron chi connectivity index (χ2n) is 4.86. The molecule has 1 saturated heterocycles. The summed E-state index contributed by atoms with van der Waals surface area (Å²) in [6.45, 7) is 4.34. The van der Waals surface area contributed by atoms with Crippen LogP contribution >= 0.6 is 0 Å². The van der Waals surface area contributed by atoms with Crippen LogP contribution in [-0.2, 0) is 6.54 Å². The molecule has 0 aromatic heterocycles. The average molecular weight is 220 g/mol. The van der Waals surface area contributed by atoms with Gasteiger partial charge in [0.05, 0.1) is 5.60 Å². The first-order chi connectivity index (χ1) is 7.61. The monoisotopic (exact) mass is 220 g/mol. The lowest BCUT2D eigenvalue weighted by molar-refractivity contribution is 0.0351. The van der Waals surface area contributed by atoms with Gasteiger partial charge in [0.2, 0.25) is 0 Å². The Hall–Kier alpha value is -1.06. The first-order valence-corrected chi connectivity index (χ1v) is 5.87. The Morgan fingerprint density at radius 2 is 2.06 bits per heavy atom. The standard InChI is InChI=1S/C13H20N2O/c1-13(16)5-7-15(8-6-13)12-4-2-3-11(9-12)10-14/h2-4,9,16H,5-8,10,14H2,1H3. The van der Waals surface area contributed by atoms with Gasteiger partial charge in [-0.05, 0) is 37.5 Å². The third-order valence-electron chi connectivity index (χ3n) is 3.35. The maximum absolute atomic E-state index is 9.89. The highest BCUT2D eigenvalue weighted by Gasteiger charge is 2.27. The zero-order valence-corrected chi connectivity index (χ0v) is 9.82. The Labute approximate surface area is 96.9 Å². The van der Waals surface area contributed by atoms with Crippen LogP contribution in [-0.4, -0.2) is 23.8 Å². The summed E-state index contributed by atoms with van der Waals surface area (Å²) >= 11 is 0. The van der Waals surface area contributed by atoms with Gasteiger partial charge in [-0.3, -0.25) is 0 Å². The molecule has 0 spiro atoms. The molecule has 1 aliphatic rings. The topological polar surface area (TPSA) is 49.5 Å². The number of anilines is 1.